The van der Waals surface area contributed by atoms with Crippen molar-refractivity contribution in [1.82, 2.24) is 5.43 Å². The van der Waals surface area contributed by atoms with Crippen molar-refractivity contribution in [3.8, 4) is 0 Å². The molecule has 4 heteroatoms. The standard InChI is InChI=1S/C10H18N2OS/c1-3-8-5-6-10(14-8)9(12-11)7-13-4-2/h5-6,9,12H,3-4,7,11H2,1-2H3. The molecule has 0 aromatic carbocycles. The molecule has 80 valence electrons. The van der Waals surface area contributed by atoms with E-state index >= 15 is 0 Å². The van der Waals surface area contributed by atoms with Gasteiger partial charge >= 0.3 is 0 Å². The SMILES string of the molecule is CCOCC(NN)c1ccc(CC)s1. The van der Waals surface area contributed by atoms with E-state index in [9.17, 15) is 0 Å². The Labute approximate surface area is 89.2 Å². The van der Waals surface area contributed by atoms with Crippen molar-refractivity contribution < 1.29 is 4.74 Å². The van der Waals surface area contributed by atoms with Crippen LogP contribution in [0.1, 0.15) is 29.6 Å². The number of aryl methyl sites for hydroxylation is 1. The molecular weight excluding hydrogens is 196 g/mol. The highest BCUT2D eigenvalue weighted by Gasteiger charge is 2.11. The summed E-state index contributed by atoms with van der Waals surface area (Å²) in [5, 5.41) is 0. The monoisotopic (exact) mass is 214 g/mol. The van der Waals surface area contributed by atoms with Crippen LogP contribution in [-0.2, 0) is 11.2 Å². The van der Waals surface area contributed by atoms with E-state index in [-0.39, 0.29) is 6.04 Å². The minimum atomic E-state index is 0.125. The largest absolute Gasteiger partial charge is 0.380 e. The molecule has 1 rings (SSSR count). The van der Waals surface area contributed by atoms with Crippen LogP contribution >= 0.6 is 11.3 Å². The summed E-state index contributed by atoms with van der Waals surface area (Å²) in [5.74, 6) is 5.47. The number of thiophene rings is 1. The first-order valence-electron chi connectivity index (χ1n) is 4.94. The molecule has 0 saturated heterocycles. The molecule has 0 bridgehead atoms. The number of nitrogens with two attached hydrogens (primary N) is 1. The molecule has 0 amide bonds. The highest BCUT2D eigenvalue weighted by Crippen LogP contribution is 2.23. The lowest BCUT2D eigenvalue weighted by Crippen LogP contribution is -2.30. The molecule has 1 unspecified atom stereocenters. The summed E-state index contributed by atoms with van der Waals surface area (Å²) in [6.07, 6.45) is 1.08. The van der Waals surface area contributed by atoms with Gasteiger partial charge in [0.25, 0.3) is 0 Å². The van der Waals surface area contributed by atoms with Crippen molar-refractivity contribution in [2.45, 2.75) is 26.3 Å². The van der Waals surface area contributed by atoms with Crippen molar-refractivity contribution in [3.05, 3.63) is 21.9 Å². The van der Waals surface area contributed by atoms with Crippen molar-refractivity contribution in [2.24, 2.45) is 5.84 Å². The van der Waals surface area contributed by atoms with E-state index in [0.29, 0.717) is 6.61 Å². The number of hydrazine groups is 1. The fourth-order valence-corrected chi connectivity index (χ4v) is 2.22. The number of hydrogen-bond donors (Lipinski definition) is 2. The van der Waals surface area contributed by atoms with Crippen LogP contribution in [-0.4, -0.2) is 13.2 Å². The topological polar surface area (TPSA) is 47.3 Å². The highest BCUT2D eigenvalue weighted by atomic mass is 32.1. The predicted octanol–water partition coefficient (Wildman–Crippen LogP) is 1.85. The van der Waals surface area contributed by atoms with Gasteiger partial charge in [-0.1, -0.05) is 6.92 Å². The molecule has 1 atom stereocenters. The van der Waals surface area contributed by atoms with Gasteiger partial charge < -0.3 is 4.74 Å². The van der Waals surface area contributed by atoms with E-state index in [1.807, 2.05) is 6.92 Å². The lowest BCUT2D eigenvalue weighted by Gasteiger charge is -2.13. The van der Waals surface area contributed by atoms with Crippen LogP contribution in [0, 0.1) is 0 Å². The summed E-state index contributed by atoms with van der Waals surface area (Å²) in [6.45, 7) is 5.50. The van der Waals surface area contributed by atoms with Gasteiger partial charge in [-0.05, 0) is 25.5 Å². The Hall–Kier alpha value is -0.420. The van der Waals surface area contributed by atoms with Crippen molar-refractivity contribution >= 4 is 11.3 Å². The minimum absolute atomic E-state index is 0.125. The van der Waals surface area contributed by atoms with Crippen LogP contribution in [0.15, 0.2) is 12.1 Å². The average molecular weight is 214 g/mol. The third-order valence-corrected chi connectivity index (χ3v) is 3.41. The molecule has 0 saturated carbocycles. The Morgan fingerprint density at radius 1 is 1.50 bits per heavy atom. The number of rotatable bonds is 6. The molecule has 3 nitrogen and oxygen atoms in total. The zero-order chi connectivity index (χ0) is 10.4. The Balaban J connectivity index is 2.58. The molecule has 14 heavy (non-hydrogen) atoms. The molecule has 0 aliphatic carbocycles. The van der Waals surface area contributed by atoms with Crippen molar-refractivity contribution in [1.29, 1.82) is 0 Å². The molecule has 0 radical (unpaired) electrons. The van der Waals surface area contributed by atoms with E-state index in [2.05, 4.69) is 24.5 Å². The van der Waals surface area contributed by atoms with Crippen LogP contribution in [0.5, 0.6) is 0 Å². The summed E-state index contributed by atoms with van der Waals surface area (Å²) >= 11 is 1.79. The Kier molecular flexibility index (Phi) is 5.11. The van der Waals surface area contributed by atoms with Crippen molar-refractivity contribution in [2.75, 3.05) is 13.2 Å². The van der Waals surface area contributed by atoms with Gasteiger partial charge in [0, 0.05) is 16.4 Å². The van der Waals surface area contributed by atoms with E-state index in [4.69, 9.17) is 10.6 Å². The van der Waals surface area contributed by atoms with Gasteiger partial charge in [0.05, 0.1) is 12.6 Å². The first-order chi connectivity index (χ1) is 6.81. The minimum Gasteiger partial charge on any atom is -0.380 e. The zero-order valence-corrected chi connectivity index (χ0v) is 9.56. The first-order valence-corrected chi connectivity index (χ1v) is 5.75. The number of nitrogens with one attached hydrogen (secondary N) is 1. The second kappa shape index (κ2) is 6.14. The van der Waals surface area contributed by atoms with Crippen LogP contribution in [0.25, 0.3) is 0 Å². The van der Waals surface area contributed by atoms with E-state index in [1.54, 1.807) is 11.3 Å². The maximum Gasteiger partial charge on any atom is 0.0786 e. The Morgan fingerprint density at radius 3 is 2.79 bits per heavy atom. The fraction of sp³-hybridized carbons (Fsp3) is 0.600. The second-order valence-corrected chi connectivity index (χ2v) is 4.24. The number of ether oxygens (including phenoxy) is 1. The summed E-state index contributed by atoms with van der Waals surface area (Å²) < 4.78 is 5.35. The lowest BCUT2D eigenvalue weighted by molar-refractivity contribution is 0.124. The average Bonchev–Trinajstić information content (AvgIpc) is 2.68. The normalized spacial score (nSPS) is 13.1. The molecule has 1 aromatic heterocycles. The Morgan fingerprint density at radius 2 is 2.29 bits per heavy atom. The summed E-state index contributed by atoms with van der Waals surface area (Å²) in [5.41, 5.74) is 2.78. The molecule has 1 heterocycles. The summed E-state index contributed by atoms with van der Waals surface area (Å²) in [6, 6.07) is 4.39. The second-order valence-electron chi connectivity index (χ2n) is 3.04. The van der Waals surface area contributed by atoms with E-state index in [0.717, 1.165) is 13.0 Å². The molecule has 3 N–H and O–H groups in total. The maximum atomic E-state index is 5.47. The molecule has 0 spiro atoms. The predicted molar refractivity (Wildman–Crippen MR) is 60.3 cm³/mol. The first kappa shape index (κ1) is 11.7. The van der Waals surface area contributed by atoms with Crippen LogP contribution in [0.3, 0.4) is 0 Å². The lowest BCUT2D eigenvalue weighted by atomic mass is 10.2. The smallest absolute Gasteiger partial charge is 0.0786 e. The van der Waals surface area contributed by atoms with Crippen LogP contribution in [0.4, 0.5) is 0 Å². The van der Waals surface area contributed by atoms with Gasteiger partial charge in [-0.2, -0.15) is 0 Å². The highest BCUT2D eigenvalue weighted by molar-refractivity contribution is 7.12. The van der Waals surface area contributed by atoms with Gasteiger partial charge in [-0.25, -0.2) is 5.43 Å². The van der Waals surface area contributed by atoms with Crippen LogP contribution in [0.2, 0.25) is 0 Å². The molecule has 0 fully saturated rings. The summed E-state index contributed by atoms with van der Waals surface area (Å²) in [7, 11) is 0. The van der Waals surface area contributed by atoms with E-state index < -0.39 is 0 Å². The third kappa shape index (κ3) is 3.06. The molecule has 1 aromatic rings. The van der Waals surface area contributed by atoms with Gasteiger partial charge in [0.15, 0.2) is 0 Å². The van der Waals surface area contributed by atoms with Gasteiger partial charge in [-0.15, -0.1) is 11.3 Å². The Bertz CT molecular complexity index is 262. The molecule has 0 aliphatic rings. The van der Waals surface area contributed by atoms with Gasteiger partial charge in [0.1, 0.15) is 0 Å². The van der Waals surface area contributed by atoms with Gasteiger partial charge in [-0.3, -0.25) is 5.84 Å². The number of hydrogen-bond acceptors (Lipinski definition) is 4. The quantitative estimate of drug-likeness (QED) is 0.561. The molecular formula is C10H18N2OS. The van der Waals surface area contributed by atoms with Gasteiger partial charge in [0.2, 0.25) is 0 Å². The van der Waals surface area contributed by atoms with Crippen LogP contribution < -0.4 is 11.3 Å². The van der Waals surface area contributed by atoms with E-state index in [1.165, 1.54) is 9.75 Å². The van der Waals surface area contributed by atoms with Crippen molar-refractivity contribution in [3.63, 3.8) is 0 Å². The fourth-order valence-electron chi connectivity index (χ4n) is 1.22. The molecule has 0 aliphatic heterocycles. The maximum absolute atomic E-state index is 5.47. The summed E-state index contributed by atoms with van der Waals surface area (Å²) in [4.78, 5) is 2.63. The third-order valence-electron chi connectivity index (χ3n) is 2.06. The zero-order valence-electron chi connectivity index (χ0n) is 8.75.